The molecule has 0 fully saturated rings. The van der Waals surface area contributed by atoms with Gasteiger partial charge in [0.15, 0.2) is 0 Å². The molecule has 0 atom stereocenters. The number of oxazole rings is 1. The van der Waals surface area contributed by atoms with Crippen LogP contribution in [0.2, 0.25) is 0 Å². The number of carbonyl (C=O) groups excluding carboxylic acids is 1. The molecule has 3 rings (SSSR count). The Bertz CT molecular complexity index is 875. The minimum absolute atomic E-state index is 0.0504. The summed E-state index contributed by atoms with van der Waals surface area (Å²) in [5.74, 6) is -1.50. The number of amides is 1. The molecule has 0 unspecified atom stereocenters. The molecule has 0 spiro atoms. The first-order chi connectivity index (χ1) is 12.1. The van der Waals surface area contributed by atoms with Crippen LogP contribution in [0.1, 0.15) is 16.1 Å². The van der Waals surface area contributed by atoms with E-state index in [4.69, 9.17) is 9.15 Å². The van der Waals surface area contributed by atoms with Gasteiger partial charge in [0, 0.05) is 5.56 Å². The van der Waals surface area contributed by atoms with Gasteiger partial charge in [0.25, 0.3) is 0 Å². The van der Waals surface area contributed by atoms with E-state index in [1.165, 1.54) is 0 Å². The summed E-state index contributed by atoms with van der Waals surface area (Å²) >= 11 is 0. The zero-order valence-electron chi connectivity index (χ0n) is 13.0. The number of carboxylic acids is 1. The second-order valence-electron chi connectivity index (χ2n) is 5.05. The Hall–Kier alpha value is -3.61. The molecule has 0 aliphatic carbocycles. The molecule has 0 aliphatic rings. The summed E-state index contributed by atoms with van der Waals surface area (Å²) in [5, 5.41) is 11.5. The van der Waals surface area contributed by atoms with Crippen molar-refractivity contribution in [3.8, 4) is 11.5 Å². The maximum absolute atomic E-state index is 11.9. The lowest BCUT2D eigenvalue weighted by molar-refractivity contribution is 0.0692. The average Bonchev–Trinajstić information content (AvgIpc) is 3.06. The molecule has 0 aliphatic heterocycles. The fraction of sp³-hybridized carbons (Fsp3) is 0.0556. The molecule has 0 bridgehead atoms. The molecule has 0 saturated carbocycles. The molecule has 1 heterocycles. The van der Waals surface area contributed by atoms with Gasteiger partial charge in [0.1, 0.15) is 6.61 Å². The summed E-state index contributed by atoms with van der Waals surface area (Å²) in [6.45, 7) is 0.0504. The Balaban J connectivity index is 1.73. The lowest BCUT2D eigenvalue weighted by Gasteiger charge is -2.05. The van der Waals surface area contributed by atoms with Crippen molar-refractivity contribution >= 4 is 17.9 Å². The molecular weight excluding hydrogens is 324 g/mol. The number of rotatable bonds is 5. The lowest BCUT2D eigenvalue weighted by atomic mass is 10.2. The first kappa shape index (κ1) is 16.3. The Morgan fingerprint density at radius 2 is 1.68 bits per heavy atom. The molecule has 7 nitrogen and oxygen atoms in total. The van der Waals surface area contributed by atoms with Crippen molar-refractivity contribution in [1.29, 1.82) is 0 Å². The number of anilines is 1. The largest absolute Gasteiger partial charge is 0.476 e. The molecule has 3 aromatic rings. The predicted molar refractivity (Wildman–Crippen MR) is 89.1 cm³/mol. The van der Waals surface area contributed by atoms with E-state index >= 15 is 0 Å². The van der Waals surface area contributed by atoms with E-state index in [9.17, 15) is 14.7 Å². The van der Waals surface area contributed by atoms with Gasteiger partial charge in [-0.15, -0.1) is 0 Å². The number of carboxylic acid groups (broad SMARTS) is 1. The SMILES string of the molecule is O=C(Nc1oc(-c2ccccc2)nc1C(=O)O)OCc1ccccc1. The summed E-state index contributed by atoms with van der Waals surface area (Å²) in [4.78, 5) is 27.1. The van der Waals surface area contributed by atoms with Gasteiger partial charge in [-0.05, 0) is 17.7 Å². The second kappa shape index (κ2) is 7.31. The van der Waals surface area contributed by atoms with E-state index < -0.39 is 17.8 Å². The Morgan fingerprint density at radius 1 is 1.04 bits per heavy atom. The van der Waals surface area contributed by atoms with Gasteiger partial charge >= 0.3 is 12.1 Å². The quantitative estimate of drug-likeness (QED) is 0.734. The third-order valence-electron chi connectivity index (χ3n) is 3.28. The maximum atomic E-state index is 11.9. The Kier molecular flexibility index (Phi) is 4.75. The second-order valence-corrected chi connectivity index (χ2v) is 5.05. The van der Waals surface area contributed by atoms with E-state index in [2.05, 4.69) is 10.3 Å². The smallest absolute Gasteiger partial charge is 0.414 e. The summed E-state index contributed by atoms with van der Waals surface area (Å²) in [6, 6.07) is 17.9. The molecular formula is C18H14N2O5. The van der Waals surface area contributed by atoms with Crippen molar-refractivity contribution in [2.45, 2.75) is 6.61 Å². The Labute approximate surface area is 142 Å². The lowest BCUT2D eigenvalue weighted by Crippen LogP contribution is -2.15. The standard InChI is InChI=1S/C18H14N2O5/c21-17(22)14-16(25-15(19-14)13-9-5-2-6-10-13)20-18(23)24-11-12-7-3-1-4-8-12/h1-10H,11H2,(H,20,23)(H,21,22). The third-order valence-corrected chi connectivity index (χ3v) is 3.28. The van der Waals surface area contributed by atoms with E-state index in [0.29, 0.717) is 5.56 Å². The molecule has 2 aromatic carbocycles. The van der Waals surface area contributed by atoms with Gasteiger partial charge in [0.05, 0.1) is 0 Å². The van der Waals surface area contributed by atoms with Crippen molar-refractivity contribution in [1.82, 2.24) is 4.98 Å². The summed E-state index contributed by atoms with van der Waals surface area (Å²) in [7, 11) is 0. The molecule has 0 saturated heterocycles. The van der Waals surface area contributed by atoms with E-state index in [1.807, 2.05) is 24.3 Å². The van der Waals surface area contributed by atoms with Crippen molar-refractivity contribution in [3.63, 3.8) is 0 Å². The highest BCUT2D eigenvalue weighted by atomic mass is 16.6. The number of ether oxygens (including phenoxy) is 1. The summed E-state index contributed by atoms with van der Waals surface area (Å²) in [5.41, 5.74) is 1.00. The van der Waals surface area contributed by atoms with Crippen LogP contribution in [0.15, 0.2) is 65.1 Å². The van der Waals surface area contributed by atoms with E-state index in [0.717, 1.165) is 5.56 Å². The first-order valence-corrected chi connectivity index (χ1v) is 7.41. The molecule has 2 N–H and O–H groups in total. The van der Waals surface area contributed by atoms with Crippen LogP contribution in [0.25, 0.3) is 11.5 Å². The molecule has 7 heteroatoms. The van der Waals surface area contributed by atoms with Crippen LogP contribution in [0, 0.1) is 0 Å². The normalized spacial score (nSPS) is 10.2. The van der Waals surface area contributed by atoms with Gasteiger partial charge < -0.3 is 14.3 Å². The van der Waals surface area contributed by atoms with Crippen LogP contribution in [-0.2, 0) is 11.3 Å². The van der Waals surface area contributed by atoms with Crippen LogP contribution >= 0.6 is 0 Å². The van der Waals surface area contributed by atoms with Gasteiger partial charge in [0.2, 0.25) is 17.5 Å². The van der Waals surface area contributed by atoms with Crippen LogP contribution in [0.5, 0.6) is 0 Å². The molecule has 0 radical (unpaired) electrons. The number of aromatic carboxylic acids is 1. The number of nitrogens with one attached hydrogen (secondary N) is 1. The molecule has 1 aromatic heterocycles. The van der Waals surface area contributed by atoms with Crippen LogP contribution in [0.3, 0.4) is 0 Å². The minimum Gasteiger partial charge on any atom is -0.476 e. The van der Waals surface area contributed by atoms with Gasteiger partial charge in [-0.3, -0.25) is 5.32 Å². The zero-order chi connectivity index (χ0) is 17.6. The van der Waals surface area contributed by atoms with E-state index in [1.54, 1.807) is 36.4 Å². The highest BCUT2D eigenvalue weighted by Crippen LogP contribution is 2.25. The number of nitrogens with zero attached hydrogens (tertiary/aromatic N) is 1. The molecule has 126 valence electrons. The first-order valence-electron chi connectivity index (χ1n) is 7.41. The van der Waals surface area contributed by atoms with Crippen molar-refractivity contribution in [3.05, 3.63) is 71.9 Å². The fourth-order valence-electron chi connectivity index (χ4n) is 2.11. The van der Waals surface area contributed by atoms with Gasteiger partial charge in [-0.2, -0.15) is 4.98 Å². The topological polar surface area (TPSA) is 102 Å². The monoisotopic (exact) mass is 338 g/mol. The average molecular weight is 338 g/mol. The number of aromatic nitrogens is 1. The zero-order valence-corrected chi connectivity index (χ0v) is 13.0. The Morgan fingerprint density at radius 3 is 2.32 bits per heavy atom. The van der Waals surface area contributed by atoms with Crippen molar-refractivity contribution < 1.29 is 23.8 Å². The summed E-state index contributed by atoms with van der Waals surface area (Å²) in [6.07, 6.45) is -0.831. The number of carbonyl (C=O) groups is 2. The number of benzene rings is 2. The number of hydrogen-bond donors (Lipinski definition) is 2. The molecule has 1 amide bonds. The maximum Gasteiger partial charge on any atom is 0.414 e. The van der Waals surface area contributed by atoms with E-state index in [-0.39, 0.29) is 18.4 Å². The molecule has 25 heavy (non-hydrogen) atoms. The van der Waals surface area contributed by atoms with Crippen LogP contribution in [0.4, 0.5) is 10.7 Å². The highest BCUT2D eigenvalue weighted by Gasteiger charge is 2.22. The minimum atomic E-state index is -1.32. The van der Waals surface area contributed by atoms with Crippen molar-refractivity contribution in [2.24, 2.45) is 0 Å². The summed E-state index contributed by atoms with van der Waals surface area (Å²) < 4.78 is 10.4. The van der Waals surface area contributed by atoms with Crippen LogP contribution in [-0.4, -0.2) is 22.2 Å². The highest BCUT2D eigenvalue weighted by molar-refractivity contribution is 5.95. The van der Waals surface area contributed by atoms with Gasteiger partial charge in [-0.1, -0.05) is 48.5 Å². The van der Waals surface area contributed by atoms with Crippen LogP contribution < -0.4 is 5.32 Å². The predicted octanol–water partition coefficient (Wildman–Crippen LogP) is 3.79. The number of hydrogen-bond acceptors (Lipinski definition) is 5. The van der Waals surface area contributed by atoms with Crippen molar-refractivity contribution in [2.75, 3.05) is 5.32 Å². The fourth-order valence-corrected chi connectivity index (χ4v) is 2.11. The van der Waals surface area contributed by atoms with Gasteiger partial charge in [-0.25, -0.2) is 9.59 Å². The third kappa shape index (κ3) is 4.03.